The molecule has 2 aromatic rings. The highest BCUT2D eigenvalue weighted by molar-refractivity contribution is 7.80. The maximum Gasteiger partial charge on any atom is 0.171 e. The van der Waals surface area contributed by atoms with E-state index < -0.39 is 0 Å². The molecule has 0 saturated heterocycles. The molecule has 0 radical (unpaired) electrons. The van der Waals surface area contributed by atoms with E-state index in [-0.39, 0.29) is 5.54 Å². The number of anilines is 1. The number of thiocarbonyl (C=S) groups is 1. The highest BCUT2D eigenvalue weighted by Crippen LogP contribution is 2.55. The number of nitrogens with one attached hydrogen (secondary N) is 2. The molecule has 6 rings (SSSR count). The Morgan fingerprint density at radius 2 is 1.57 bits per heavy atom. The highest BCUT2D eigenvalue weighted by atomic mass is 32.1. The Balaban J connectivity index is 1.35. The van der Waals surface area contributed by atoms with Crippen molar-refractivity contribution in [2.75, 3.05) is 12.4 Å². The van der Waals surface area contributed by atoms with Crippen LogP contribution in [0.15, 0.2) is 48.5 Å². The molecule has 2 N–H and O–H groups in total. The summed E-state index contributed by atoms with van der Waals surface area (Å²) in [4.78, 5) is 0. The molecular weight excluding hydrogens is 364 g/mol. The normalized spacial score (nSPS) is 30.1. The van der Waals surface area contributed by atoms with Crippen LogP contribution in [0.1, 0.15) is 38.5 Å². The smallest absolute Gasteiger partial charge is 0.171 e. The van der Waals surface area contributed by atoms with Gasteiger partial charge >= 0.3 is 0 Å². The fourth-order valence-electron chi connectivity index (χ4n) is 6.27. The number of hydrogen-bond donors (Lipinski definition) is 2. The van der Waals surface area contributed by atoms with Gasteiger partial charge in [-0.15, -0.1) is 0 Å². The molecule has 4 aliphatic rings. The van der Waals surface area contributed by atoms with E-state index in [9.17, 15) is 0 Å². The van der Waals surface area contributed by atoms with E-state index in [0.717, 1.165) is 39.9 Å². The topological polar surface area (TPSA) is 33.3 Å². The first-order valence-electron chi connectivity index (χ1n) is 10.5. The van der Waals surface area contributed by atoms with Crippen molar-refractivity contribution < 1.29 is 4.74 Å². The van der Waals surface area contributed by atoms with Gasteiger partial charge < -0.3 is 15.4 Å². The second-order valence-electron chi connectivity index (χ2n) is 9.06. The number of methoxy groups -OCH3 is 1. The average molecular weight is 393 g/mol. The first kappa shape index (κ1) is 18.0. The van der Waals surface area contributed by atoms with E-state index in [1.165, 1.54) is 44.1 Å². The van der Waals surface area contributed by atoms with Crippen molar-refractivity contribution in [3.63, 3.8) is 0 Å². The zero-order valence-corrected chi connectivity index (χ0v) is 17.2. The summed E-state index contributed by atoms with van der Waals surface area (Å²) in [6.45, 7) is 0. The van der Waals surface area contributed by atoms with Gasteiger partial charge in [0.05, 0.1) is 12.8 Å². The van der Waals surface area contributed by atoms with Crippen LogP contribution < -0.4 is 15.4 Å². The van der Waals surface area contributed by atoms with Crippen LogP contribution >= 0.6 is 12.2 Å². The average Bonchev–Trinajstić information content (AvgIpc) is 2.67. The van der Waals surface area contributed by atoms with Gasteiger partial charge in [-0.05, 0) is 91.8 Å². The molecule has 146 valence electrons. The Bertz CT molecular complexity index is 844. The molecule has 0 heterocycles. The van der Waals surface area contributed by atoms with Crippen LogP contribution in [0.25, 0.3) is 11.1 Å². The molecule has 4 aliphatic carbocycles. The van der Waals surface area contributed by atoms with Gasteiger partial charge in [0.25, 0.3) is 0 Å². The van der Waals surface area contributed by atoms with E-state index in [4.69, 9.17) is 17.0 Å². The first-order valence-corrected chi connectivity index (χ1v) is 10.9. The summed E-state index contributed by atoms with van der Waals surface area (Å²) in [6.07, 6.45) is 8.15. The van der Waals surface area contributed by atoms with E-state index in [0.29, 0.717) is 0 Å². The predicted octanol–water partition coefficient (Wildman–Crippen LogP) is 5.62. The molecule has 4 bridgehead atoms. The van der Waals surface area contributed by atoms with Crippen LogP contribution in [-0.2, 0) is 0 Å². The monoisotopic (exact) mass is 392 g/mol. The molecule has 4 fully saturated rings. The lowest BCUT2D eigenvalue weighted by atomic mass is 9.53. The molecular formula is C24H28N2OS. The van der Waals surface area contributed by atoms with E-state index >= 15 is 0 Å². The van der Waals surface area contributed by atoms with Gasteiger partial charge in [-0.3, -0.25) is 0 Å². The molecule has 0 aliphatic heterocycles. The molecule has 0 amide bonds. The second kappa shape index (κ2) is 7.07. The maximum absolute atomic E-state index is 5.76. The Hall–Kier alpha value is -2.07. The number of hydrogen-bond acceptors (Lipinski definition) is 2. The van der Waals surface area contributed by atoms with Crippen LogP contribution in [-0.4, -0.2) is 17.8 Å². The van der Waals surface area contributed by atoms with Gasteiger partial charge in [0.15, 0.2) is 5.11 Å². The first-order chi connectivity index (χ1) is 13.6. The lowest BCUT2D eigenvalue weighted by molar-refractivity contribution is -0.00972. The Labute approximate surface area is 172 Å². The van der Waals surface area contributed by atoms with Gasteiger partial charge in [-0.1, -0.05) is 36.4 Å². The highest BCUT2D eigenvalue weighted by Gasteiger charge is 2.51. The summed E-state index contributed by atoms with van der Waals surface area (Å²) in [7, 11) is 1.71. The Morgan fingerprint density at radius 3 is 2.18 bits per heavy atom. The Kier molecular flexibility index (Phi) is 4.54. The van der Waals surface area contributed by atoms with Crippen molar-refractivity contribution in [3.05, 3.63) is 48.5 Å². The van der Waals surface area contributed by atoms with Crippen molar-refractivity contribution in [1.29, 1.82) is 0 Å². The fourth-order valence-corrected chi connectivity index (χ4v) is 6.60. The van der Waals surface area contributed by atoms with E-state index in [1.807, 2.05) is 12.1 Å². The summed E-state index contributed by atoms with van der Waals surface area (Å²) in [5.74, 6) is 3.52. The van der Waals surface area contributed by atoms with E-state index in [1.54, 1.807) is 7.11 Å². The molecule has 4 saturated carbocycles. The molecule has 0 atom stereocenters. The van der Waals surface area contributed by atoms with Gasteiger partial charge in [0, 0.05) is 5.54 Å². The van der Waals surface area contributed by atoms with Crippen molar-refractivity contribution >= 4 is 23.0 Å². The predicted molar refractivity (Wildman–Crippen MR) is 119 cm³/mol. The van der Waals surface area contributed by atoms with Crippen LogP contribution in [0, 0.1) is 17.8 Å². The quantitative estimate of drug-likeness (QED) is 0.662. The number of benzene rings is 2. The summed E-state index contributed by atoms with van der Waals surface area (Å²) in [5, 5.41) is 7.92. The largest absolute Gasteiger partial charge is 0.495 e. The van der Waals surface area contributed by atoms with E-state index in [2.05, 4.69) is 47.0 Å². The zero-order valence-electron chi connectivity index (χ0n) is 16.4. The maximum atomic E-state index is 5.76. The van der Waals surface area contributed by atoms with Gasteiger partial charge in [0.2, 0.25) is 0 Å². The minimum atomic E-state index is 0.211. The van der Waals surface area contributed by atoms with Crippen LogP contribution in [0.4, 0.5) is 5.69 Å². The summed E-state index contributed by atoms with van der Waals surface area (Å²) in [6, 6.07) is 16.6. The molecule has 4 heteroatoms. The lowest BCUT2D eigenvalue weighted by Crippen LogP contribution is -2.60. The molecule has 0 aromatic heterocycles. The van der Waals surface area contributed by atoms with Crippen LogP contribution in [0.5, 0.6) is 5.75 Å². The third-order valence-corrected chi connectivity index (χ3v) is 7.18. The standard InChI is InChI=1S/C24H28N2OS/c1-27-22-8-7-20(19-5-3-2-4-6-19)12-21(22)25-23(28)26-24-13-16-9-17(14-24)11-18(10-16)15-24/h2-8,12,16-18H,9-11,13-15H2,1H3,(H2,25,26,28). The third-order valence-electron chi connectivity index (χ3n) is 6.97. The van der Waals surface area contributed by atoms with Crippen LogP contribution in [0.2, 0.25) is 0 Å². The molecule has 3 nitrogen and oxygen atoms in total. The molecule has 0 spiro atoms. The van der Waals surface area contributed by atoms with Gasteiger partial charge in [-0.25, -0.2) is 0 Å². The van der Waals surface area contributed by atoms with Crippen LogP contribution in [0.3, 0.4) is 0 Å². The minimum Gasteiger partial charge on any atom is -0.495 e. The summed E-state index contributed by atoms with van der Waals surface area (Å²) >= 11 is 5.76. The summed E-state index contributed by atoms with van der Waals surface area (Å²) in [5.41, 5.74) is 3.48. The van der Waals surface area contributed by atoms with Gasteiger partial charge in [-0.2, -0.15) is 0 Å². The molecule has 0 unspecified atom stereocenters. The van der Waals surface area contributed by atoms with Crippen molar-refractivity contribution in [3.8, 4) is 16.9 Å². The summed E-state index contributed by atoms with van der Waals surface area (Å²) < 4.78 is 5.58. The fraction of sp³-hybridized carbons (Fsp3) is 0.458. The number of ether oxygens (including phenoxy) is 1. The van der Waals surface area contributed by atoms with Crippen molar-refractivity contribution in [2.45, 2.75) is 44.1 Å². The molecule has 28 heavy (non-hydrogen) atoms. The van der Waals surface area contributed by atoms with Crippen molar-refractivity contribution in [2.24, 2.45) is 17.8 Å². The SMILES string of the molecule is COc1ccc(-c2ccccc2)cc1NC(=S)NC12CC3CC(CC(C3)C1)C2. The number of rotatable bonds is 4. The minimum absolute atomic E-state index is 0.211. The Morgan fingerprint density at radius 1 is 0.929 bits per heavy atom. The zero-order chi connectivity index (χ0) is 19.1. The lowest BCUT2D eigenvalue weighted by Gasteiger charge is -2.57. The van der Waals surface area contributed by atoms with Crippen molar-refractivity contribution in [1.82, 2.24) is 5.32 Å². The second-order valence-corrected chi connectivity index (χ2v) is 9.47. The third kappa shape index (κ3) is 3.39. The van der Waals surface area contributed by atoms with Gasteiger partial charge in [0.1, 0.15) is 5.75 Å². The molecule has 2 aromatic carbocycles.